The van der Waals surface area contributed by atoms with E-state index in [4.69, 9.17) is 5.73 Å². The molecule has 1 unspecified atom stereocenters. The number of H-pyrrole nitrogens is 1. The topological polar surface area (TPSA) is 126 Å². The van der Waals surface area contributed by atoms with Gasteiger partial charge in [-0.2, -0.15) is 5.10 Å². The third kappa shape index (κ3) is 4.22. The zero-order valence-corrected chi connectivity index (χ0v) is 16.8. The molecule has 9 heteroatoms. The van der Waals surface area contributed by atoms with Gasteiger partial charge in [-0.05, 0) is 36.7 Å². The number of amides is 2. The summed E-state index contributed by atoms with van der Waals surface area (Å²) in [5.41, 5.74) is 7.99. The SMILES string of the molecule is NCCC(C(=O)Nc1ccc2[nH]nc(NC(=O)c3nccs3)c2c1)c1ccccc1. The van der Waals surface area contributed by atoms with Crippen molar-refractivity contribution in [2.24, 2.45) is 5.73 Å². The van der Waals surface area contributed by atoms with Crippen molar-refractivity contribution in [2.45, 2.75) is 12.3 Å². The van der Waals surface area contributed by atoms with Gasteiger partial charge >= 0.3 is 0 Å². The van der Waals surface area contributed by atoms with E-state index < -0.39 is 0 Å². The minimum atomic E-state index is -0.347. The highest BCUT2D eigenvalue weighted by atomic mass is 32.1. The molecule has 0 aliphatic heterocycles. The van der Waals surface area contributed by atoms with Crippen molar-refractivity contribution in [2.75, 3.05) is 17.2 Å². The lowest BCUT2D eigenvalue weighted by Gasteiger charge is -2.16. The van der Waals surface area contributed by atoms with E-state index in [1.807, 2.05) is 30.3 Å². The van der Waals surface area contributed by atoms with Crippen molar-refractivity contribution in [3.8, 4) is 0 Å². The van der Waals surface area contributed by atoms with E-state index in [0.29, 0.717) is 34.9 Å². The molecule has 4 aromatic rings. The Bertz CT molecular complexity index is 1160. The lowest BCUT2D eigenvalue weighted by molar-refractivity contribution is -0.117. The Morgan fingerprint density at radius 1 is 1.13 bits per heavy atom. The predicted octanol–water partition coefficient (Wildman–Crippen LogP) is 3.34. The first-order valence-corrected chi connectivity index (χ1v) is 10.3. The first-order chi connectivity index (χ1) is 14.7. The van der Waals surface area contributed by atoms with Crippen LogP contribution in [0.3, 0.4) is 0 Å². The summed E-state index contributed by atoms with van der Waals surface area (Å²) in [6, 6.07) is 14.9. The molecule has 0 radical (unpaired) electrons. The van der Waals surface area contributed by atoms with Crippen LogP contribution in [0.15, 0.2) is 60.1 Å². The number of hydrogen-bond acceptors (Lipinski definition) is 6. The van der Waals surface area contributed by atoms with E-state index in [9.17, 15) is 9.59 Å². The Kier molecular flexibility index (Phi) is 5.82. The highest BCUT2D eigenvalue weighted by molar-refractivity contribution is 7.11. The summed E-state index contributed by atoms with van der Waals surface area (Å²) in [6.45, 7) is 0.403. The van der Waals surface area contributed by atoms with Crippen molar-refractivity contribution in [3.05, 3.63) is 70.7 Å². The van der Waals surface area contributed by atoms with Gasteiger partial charge in [0.05, 0.1) is 11.4 Å². The average molecular weight is 420 g/mol. The summed E-state index contributed by atoms with van der Waals surface area (Å²) in [4.78, 5) is 29.2. The smallest absolute Gasteiger partial charge is 0.285 e. The Morgan fingerprint density at radius 3 is 2.70 bits per heavy atom. The van der Waals surface area contributed by atoms with E-state index in [0.717, 1.165) is 11.1 Å². The monoisotopic (exact) mass is 420 g/mol. The molecular weight excluding hydrogens is 400 g/mol. The maximum Gasteiger partial charge on any atom is 0.285 e. The third-order valence-corrected chi connectivity index (χ3v) is 5.43. The molecule has 8 nitrogen and oxygen atoms in total. The number of aromatic nitrogens is 3. The van der Waals surface area contributed by atoms with Crippen LogP contribution in [-0.4, -0.2) is 33.5 Å². The van der Waals surface area contributed by atoms with Crippen LogP contribution in [0.2, 0.25) is 0 Å². The fraction of sp³-hybridized carbons (Fsp3) is 0.143. The van der Waals surface area contributed by atoms with Crippen LogP contribution in [0.4, 0.5) is 11.5 Å². The lowest BCUT2D eigenvalue weighted by atomic mass is 9.94. The van der Waals surface area contributed by atoms with E-state index >= 15 is 0 Å². The standard InChI is InChI=1S/C21H20N6O2S/c22-9-8-15(13-4-2-1-3-5-13)19(28)24-14-6-7-17-16(12-14)18(27-26-17)25-20(29)21-23-10-11-30-21/h1-7,10-12,15H,8-9,22H2,(H,24,28)(H2,25,26,27,29). The van der Waals surface area contributed by atoms with Crippen molar-refractivity contribution in [3.63, 3.8) is 0 Å². The van der Waals surface area contributed by atoms with Gasteiger partial charge in [-0.3, -0.25) is 14.7 Å². The molecule has 2 aromatic carbocycles. The van der Waals surface area contributed by atoms with Crippen molar-refractivity contribution in [1.82, 2.24) is 15.2 Å². The zero-order valence-electron chi connectivity index (χ0n) is 16.0. The molecule has 0 saturated carbocycles. The van der Waals surface area contributed by atoms with E-state index in [1.54, 1.807) is 29.8 Å². The number of nitrogens with one attached hydrogen (secondary N) is 3. The molecule has 152 valence electrons. The van der Waals surface area contributed by atoms with Crippen LogP contribution in [0.25, 0.3) is 10.9 Å². The number of nitrogens with two attached hydrogens (primary N) is 1. The van der Waals surface area contributed by atoms with Gasteiger partial charge in [-0.15, -0.1) is 11.3 Å². The summed E-state index contributed by atoms with van der Waals surface area (Å²) in [5, 5.41) is 15.5. The predicted molar refractivity (Wildman–Crippen MR) is 118 cm³/mol. The van der Waals surface area contributed by atoms with E-state index in [2.05, 4.69) is 25.8 Å². The fourth-order valence-electron chi connectivity index (χ4n) is 3.21. The molecule has 2 aromatic heterocycles. The molecule has 2 amide bonds. The molecule has 5 N–H and O–H groups in total. The summed E-state index contributed by atoms with van der Waals surface area (Å²) in [7, 11) is 0. The highest BCUT2D eigenvalue weighted by Gasteiger charge is 2.20. The fourth-order valence-corrected chi connectivity index (χ4v) is 3.74. The number of nitrogens with zero attached hydrogens (tertiary/aromatic N) is 2. The Labute approximate surface area is 176 Å². The van der Waals surface area contributed by atoms with E-state index in [-0.39, 0.29) is 17.7 Å². The molecule has 1 atom stereocenters. The molecule has 4 rings (SSSR count). The first-order valence-electron chi connectivity index (χ1n) is 9.40. The van der Waals surface area contributed by atoms with Crippen molar-refractivity contribution >= 4 is 45.6 Å². The van der Waals surface area contributed by atoms with Crippen LogP contribution in [-0.2, 0) is 4.79 Å². The summed E-state index contributed by atoms with van der Waals surface area (Å²) >= 11 is 1.25. The van der Waals surface area contributed by atoms with Crippen LogP contribution in [0, 0.1) is 0 Å². The second-order valence-electron chi connectivity index (χ2n) is 6.65. The zero-order chi connectivity index (χ0) is 20.9. The molecule has 0 spiro atoms. The van der Waals surface area contributed by atoms with Gasteiger partial charge in [-0.25, -0.2) is 4.98 Å². The van der Waals surface area contributed by atoms with Crippen molar-refractivity contribution < 1.29 is 9.59 Å². The molecule has 30 heavy (non-hydrogen) atoms. The average Bonchev–Trinajstić information content (AvgIpc) is 3.43. The first kappa shape index (κ1) is 19.7. The summed E-state index contributed by atoms with van der Waals surface area (Å²) in [6.07, 6.45) is 2.11. The molecule has 2 heterocycles. The minimum absolute atomic E-state index is 0.136. The van der Waals surface area contributed by atoms with Gasteiger partial charge in [0.15, 0.2) is 10.8 Å². The normalized spacial score (nSPS) is 11.9. The maximum atomic E-state index is 12.9. The number of aromatic amines is 1. The largest absolute Gasteiger partial charge is 0.330 e. The Balaban J connectivity index is 1.55. The highest BCUT2D eigenvalue weighted by Crippen LogP contribution is 2.26. The van der Waals surface area contributed by atoms with E-state index in [1.165, 1.54) is 11.3 Å². The molecule has 0 aliphatic carbocycles. The Hall–Kier alpha value is -3.56. The van der Waals surface area contributed by atoms with Gasteiger partial charge in [0.1, 0.15) is 0 Å². The summed E-state index contributed by atoms with van der Waals surface area (Å²) < 4.78 is 0. The minimum Gasteiger partial charge on any atom is -0.330 e. The van der Waals surface area contributed by atoms with Gasteiger partial charge in [0, 0.05) is 22.7 Å². The van der Waals surface area contributed by atoms with Crippen LogP contribution in [0.1, 0.15) is 27.7 Å². The molecule has 0 fully saturated rings. The van der Waals surface area contributed by atoms with Gasteiger partial charge in [0.2, 0.25) is 5.91 Å². The van der Waals surface area contributed by atoms with Gasteiger partial charge < -0.3 is 16.4 Å². The molecule has 0 bridgehead atoms. The number of anilines is 2. The van der Waals surface area contributed by atoms with Crippen LogP contribution in [0.5, 0.6) is 0 Å². The van der Waals surface area contributed by atoms with Gasteiger partial charge in [-0.1, -0.05) is 30.3 Å². The molecule has 0 saturated heterocycles. The number of benzene rings is 2. The quantitative estimate of drug-likeness (QED) is 0.365. The molecule has 0 aliphatic rings. The van der Waals surface area contributed by atoms with Crippen molar-refractivity contribution in [1.29, 1.82) is 0 Å². The maximum absolute atomic E-state index is 12.9. The second-order valence-corrected chi connectivity index (χ2v) is 7.55. The summed E-state index contributed by atoms with van der Waals surface area (Å²) in [5.74, 6) is -0.439. The number of carbonyl (C=O) groups excluding carboxylic acids is 2. The van der Waals surface area contributed by atoms with Crippen LogP contribution >= 0.6 is 11.3 Å². The second kappa shape index (κ2) is 8.85. The van der Waals surface area contributed by atoms with Gasteiger partial charge in [0.25, 0.3) is 5.91 Å². The lowest BCUT2D eigenvalue weighted by Crippen LogP contribution is -2.23. The number of carbonyl (C=O) groups is 2. The number of hydrogen-bond donors (Lipinski definition) is 4. The Morgan fingerprint density at radius 2 is 1.97 bits per heavy atom. The third-order valence-electron chi connectivity index (χ3n) is 4.66. The van der Waals surface area contributed by atoms with Crippen LogP contribution < -0.4 is 16.4 Å². The number of thiazole rings is 1. The molecular formula is C21H20N6O2S. The number of rotatable bonds is 7. The number of fused-ring (bicyclic) bond motifs is 1.